The Kier molecular flexibility index (Phi) is 3.66. The van der Waals surface area contributed by atoms with E-state index in [2.05, 4.69) is 20.4 Å². The third-order valence-corrected chi connectivity index (χ3v) is 2.70. The highest BCUT2D eigenvalue weighted by atomic mass is 32.1. The molecule has 7 nitrogen and oxygen atoms in total. The van der Waals surface area contributed by atoms with Crippen LogP contribution in [0, 0.1) is 0 Å². The number of hydrogen-bond acceptors (Lipinski definition) is 7. The highest BCUT2D eigenvalue weighted by Crippen LogP contribution is 2.11. The third-order valence-electron chi connectivity index (χ3n) is 1.98. The van der Waals surface area contributed by atoms with Gasteiger partial charge in [-0.2, -0.15) is 4.98 Å². The Balaban J connectivity index is 1.71. The molecule has 0 aliphatic carbocycles. The average Bonchev–Trinajstić information content (AvgIpc) is 2.90. The molecule has 0 saturated heterocycles. The number of rotatable bonds is 5. The zero-order valence-electron chi connectivity index (χ0n) is 8.92. The van der Waals surface area contributed by atoms with E-state index in [1.807, 2.05) is 0 Å². The maximum absolute atomic E-state index is 11.5. The van der Waals surface area contributed by atoms with E-state index in [1.54, 1.807) is 5.38 Å². The summed E-state index contributed by atoms with van der Waals surface area (Å²) in [5, 5.41) is 8.45. The van der Waals surface area contributed by atoms with Crippen molar-refractivity contribution >= 4 is 22.4 Å². The van der Waals surface area contributed by atoms with Crippen molar-refractivity contribution in [3.05, 3.63) is 23.3 Å². The first kappa shape index (κ1) is 11.5. The number of nitrogens with zero attached hydrogens (tertiary/aromatic N) is 3. The number of anilines is 1. The van der Waals surface area contributed by atoms with E-state index in [9.17, 15) is 4.79 Å². The van der Waals surface area contributed by atoms with E-state index in [0.29, 0.717) is 29.7 Å². The van der Waals surface area contributed by atoms with Crippen molar-refractivity contribution in [2.75, 3.05) is 12.3 Å². The molecule has 0 atom stereocenters. The van der Waals surface area contributed by atoms with E-state index < -0.39 is 0 Å². The van der Waals surface area contributed by atoms with Gasteiger partial charge in [-0.1, -0.05) is 5.16 Å². The Bertz CT molecular complexity index is 481. The van der Waals surface area contributed by atoms with Gasteiger partial charge in [0.25, 0.3) is 0 Å². The molecule has 0 bridgehead atoms. The molecule has 3 N–H and O–H groups in total. The minimum atomic E-state index is -0.102. The highest BCUT2D eigenvalue weighted by molar-refractivity contribution is 7.13. The SMILES string of the molecule is Nc1nc(CC(=O)NCCc2ncno2)cs1. The fourth-order valence-corrected chi connectivity index (χ4v) is 1.81. The first-order valence-corrected chi connectivity index (χ1v) is 5.84. The predicted molar refractivity (Wildman–Crippen MR) is 61.2 cm³/mol. The fraction of sp³-hybridized carbons (Fsp3) is 0.333. The van der Waals surface area contributed by atoms with Crippen molar-refractivity contribution in [1.29, 1.82) is 0 Å². The van der Waals surface area contributed by atoms with Crippen LogP contribution in [0.2, 0.25) is 0 Å². The summed E-state index contributed by atoms with van der Waals surface area (Å²) in [7, 11) is 0. The number of nitrogens with two attached hydrogens (primary N) is 1. The Morgan fingerprint density at radius 3 is 3.12 bits per heavy atom. The summed E-state index contributed by atoms with van der Waals surface area (Å²) in [5.41, 5.74) is 6.15. The summed E-state index contributed by atoms with van der Waals surface area (Å²) >= 11 is 1.32. The van der Waals surface area contributed by atoms with Crippen LogP contribution in [0.15, 0.2) is 16.2 Å². The molecule has 0 saturated carbocycles. The van der Waals surface area contributed by atoms with Gasteiger partial charge < -0.3 is 15.6 Å². The second-order valence-corrected chi connectivity index (χ2v) is 4.18. The van der Waals surface area contributed by atoms with Gasteiger partial charge in [0.1, 0.15) is 0 Å². The van der Waals surface area contributed by atoms with Crippen LogP contribution in [0.4, 0.5) is 5.13 Å². The van der Waals surface area contributed by atoms with Crippen molar-refractivity contribution in [3.63, 3.8) is 0 Å². The van der Waals surface area contributed by atoms with Gasteiger partial charge in [-0.05, 0) is 0 Å². The number of aromatic nitrogens is 3. The predicted octanol–water partition coefficient (Wildman–Crippen LogP) is 0.00970. The molecular weight excluding hydrogens is 242 g/mol. The molecule has 0 aromatic carbocycles. The van der Waals surface area contributed by atoms with Crippen LogP contribution in [0.3, 0.4) is 0 Å². The number of thiazole rings is 1. The second-order valence-electron chi connectivity index (χ2n) is 3.29. The molecule has 0 spiro atoms. The van der Waals surface area contributed by atoms with Crippen molar-refractivity contribution in [3.8, 4) is 0 Å². The molecule has 2 rings (SSSR count). The molecule has 0 aliphatic rings. The van der Waals surface area contributed by atoms with Gasteiger partial charge in [-0.25, -0.2) is 4.98 Å². The lowest BCUT2D eigenvalue weighted by atomic mass is 10.3. The van der Waals surface area contributed by atoms with E-state index in [4.69, 9.17) is 10.3 Å². The van der Waals surface area contributed by atoms with Gasteiger partial charge in [-0.15, -0.1) is 11.3 Å². The van der Waals surface area contributed by atoms with Gasteiger partial charge in [0.15, 0.2) is 11.5 Å². The fourth-order valence-electron chi connectivity index (χ4n) is 1.25. The summed E-state index contributed by atoms with van der Waals surface area (Å²) in [6.45, 7) is 0.459. The van der Waals surface area contributed by atoms with Crippen molar-refractivity contribution in [1.82, 2.24) is 20.4 Å². The molecule has 2 heterocycles. The summed E-state index contributed by atoms with van der Waals surface area (Å²) in [6.07, 6.45) is 2.08. The maximum atomic E-state index is 11.5. The van der Waals surface area contributed by atoms with Crippen LogP contribution in [0.1, 0.15) is 11.6 Å². The summed E-state index contributed by atoms with van der Waals surface area (Å²) in [4.78, 5) is 19.3. The molecule has 2 aromatic rings. The van der Waals surface area contributed by atoms with Crippen LogP contribution in [-0.2, 0) is 17.6 Å². The number of amides is 1. The van der Waals surface area contributed by atoms with Gasteiger partial charge >= 0.3 is 0 Å². The second kappa shape index (κ2) is 5.39. The first-order chi connectivity index (χ1) is 8.24. The normalized spacial score (nSPS) is 10.4. The minimum Gasteiger partial charge on any atom is -0.375 e. The van der Waals surface area contributed by atoms with Gasteiger partial charge in [0, 0.05) is 18.3 Å². The highest BCUT2D eigenvalue weighted by Gasteiger charge is 2.06. The monoisotopic (exact) mass is 253 g/mol. The summed E-state index contributed by atoms with van der Waals surface area (Å²) < 4.78 is 4.80. The van der Waals surface area contributed by atoms with Gasteiger partial charge in [0.2, 0.25) is 11.8 Å². The van der Waals surface area contributed by atoms with Gasteiger partial charge in [-0.3, -0.25) is 4.79 Å². The van der Waals surface area contributed by atoms with E-state index in [-0.39, 0.29) is 12.3 Å². The minimum absolute atomic E-state index is 0.102. The number of hydrogen-bond donors (Lipinski definition) is 2. The molecule has 0 radical (unpaired) electrons. The van der Waals surface area contributed by atoms with Crippen molar-refractivity contribution in [2.24, 2.45) is 0 Å². The topological polar surface area (TPSA) is 107 Å². The Morgan fingerprint density at radius 1 is 1.59 bits per heavy atom. The number of nitrogen functional groups attached to an aromatic ring is 1. The third kappa shape index (κ3) is 3.52. The zero-order valence-corrected chi connectivity index (χ0v) is 9.74. The molecule has 0 fully saturated rings. The molecule has 0 aliphatic heterocycles. The number of carbonyl (C=O) groups excluding carboxylic acids is 1. The first-order valence-electron chi connectivity index (χ1n) is 4.96. The molecule has 17 heavy (non-hydrogen) atoms. The van der Waals surface area contributed by atoms with Crippen LogP contribution < -0.4 is 11.1 Å². The van der Waals surface area contributed by atoms with Crippen LogP contribution >= 0.6 is 11.3 Å². The smallest absolute Gasteiger partial charge is 0.228 e. The Morgan fingerprint density at radius 2 is 2.47 bits per heavy atom. The zero-order chi connectivity index (χ0) is 12.1. The Hall–Kier alpha value is -1.96. The molecule has 8 heteroatoms. The van der Waals surface area contributed by atoms with E-state index in [1.165, 1.54) is 17.7 Å². The standard InChI is InChI=1S/C9H11N5O2S/c10-9-14-6(4-17-9)3-7(15)11-2-1-8-12-5-13-16-8/h4-5H,1-3H2,(H2,10,14)(H,11,15). The lowest BCUT2D eigenvalue weighted by Crippen LogP contribution is -2.27. The summed E-state index contributed by atoms with van der Waals surface area (Å²) in [6, 6.07) is 0. The maximum Gasteiger partial charge on any atom is 0.228 e. The lowest BCUT2D eigenvalue weighted by molar-refractivity contribution is -0.120. The quantitative estimate of drug-likeness (QED) is 0.777. The molecule has 0 unspecified atom stereocenters. The van der Waals surface area contributed by atoms with Crippen molar-refractivity contribution in [2.45, 2.75) is 12.8 Å². The number of carbonyl (C=O) groups is 1. The van der Waals surface area contributed by atoms with E-state index >= 15 is 0 Å². The van der Waals surface area contributed by atoms with E-state index in [0.717, 1.165) is 0 Å². The van der Waals surface area contributed by atoms with Gasteiger partial charge in [0.05, 0.1) is 12.1 Å². The molecule has 90 valence electrons. The molecule has 2 aromatic heterocycles. The average molecular weight is 253 g/mol. The van der Waals surface area contributed by atoms with Crippen LogP contribution in [-0.4, -0.2) is 27.6 Å². The van der Waals surface area contributed by atoms with Crippen LogP contribution in [0.25, 0.3) is 0 Å². The lowest BCUT2D eigenvalue weighted by Gasteiger charge is -2.01. The summed E-state index contributed by atoms with van der Waals surface area (Å²) in [5.74, 6) is 0.401. The number of nitrogens with one attached hydrogen (secondary N) is 1. The van der Waals surface area contributed by atoms with Crippen molar-refractivity contribution < 1.29 is 9.32 Å². The van der Waals surface area contributed by atoms with Crippen LogP contribution in [0.5, 0.6) is 0 Å². The Labute approximate surface area is 101 Å². The molecular formula is C9H11N5O2S. The largest absolute Gasteiger partial charge is 0.375 e. The molecule has 1 amide bonds.